The summed E-state index contributed by atoms with van der Waals surface area (Å²) in [6, 6.07) is 8.23. The van der Waals surface area contributed by atoms with Gasteiger partial charge in [-0.2, -0.15) is 0 Å². The van der Waals surface area contributed by atoms with Crippen molar-refractivity contribution in [1.82, 2.24) is 0 Å². The standard InChI is InChI=1S/C15H20O4.K.H/c1-2-3-4-8-11-15(13(16)17,14(18)19)12-9-6-5-7-10-12;;/h5-7,9-10H,2-4,8,11H2,1H3,(H,16,17)(H,18,19);;. The van der Waals surface area contributed by atoms with Crippen LogP contribution in [-0.2, 0) is 15.0 Å². The summed E-state index contributed by atoms with van der Waals surface area (Å²) in [5.74, 6) is -2.58. The predicted molar refractivity (Wildman–Crippen MR) is 79.3 cm³/mol. The first-order valence-electron chi connectivity index (χ1n) is 6.58. The Morgan fingerprint density at radius 3 is 2.00 bits per heavy atom. The van der Waals surface area contributed by atoms with E-state index >= 15 is 0 Å². The summed E-state index contributed by atoms with van der Waals surface area (Å²) in [6.45, 7) is 2.05. The molecule has 1 aromatic carbocycles. The fraction of sp³-hybridized carbons (Fsp3) is 0.467. The maximum absolute atomic E-state index is 11.5. The molecular formula is C15H21KO4. The van der Waals surface area contributed by atoms with Gasteiger partial charge in [-0.15, -0.1) is 0 Å². The number of carboxylic acid groups (broad SMARTS) is 2. The molecule has 0 spiro atoms. The predicted octanol–water partition coefficient (Wildman–Crippen LogP) is 2.42. The second-order valence-corrected chi connectivity index (χ2v) is 4.69. The van der Waals surface area contributed by atoms with Crippen LogP contribution < -0.4 is 0 Å². The average molecular weight is 304 g/mol. The molecule has 106 valence electrons. The molecule has 0 atom stereocenters. The molecule has 0 fully saturated rings. The fourth-order valence-electron chi connectivity index (χ4n) is 2.24. The number of benzene rings is 1. The molecule has 2 N–H and O–H groups in total. The van der Waals surface area contributed by atoms with Crippen LogP contribution in [0.25, 0.3) is 0 Å². The molecule has 4 nitrogen and oxygen atoms in total. The number of carbonyl (C=O) groups is 2. The number of aliphatic carboxylic acids is 2. The molecule has 20 heavy (non-hydrogen) atoms. The molecular weight excluding hydrogens is 283 g/mol. The second-order valence-electron chi connectivity index (χ2n) is 4.69. The minimum absolute atomic E-state index is 0. The first-order chi connectivity index (χ1) is 9.05. The van der Waals surface area contributed by atoms with E-state index in [0.29, 0.717) is 12.0 Å². The summed E-state index contributed by atoms with van der Waals surface area (Å²) < 4.78 is 0. The van der Waals surface area contributed by atoms with Crippen molar-refractivity contribution in [1.29, 1.82) is 0 Å². The monoisotopic (exact) mass is 304 g/mol. The van der Waals surface area contributed by atoms with Crippen molar-refractivity contribution in [2.24, 2.45) is 0 Å². The third-order valence-corrected chi connectivity index (χ3v) is 3.40. The van der Waals surface area contributed by atoms with Crippen molar-refractivity contribution in [3.8, 4) is 0 Å². The molecule has 0 radical (unpaired) electrons. The third-order valence-electron chi connectivity index (χ3n) is 3.40. The minimum atomic E-state index is -1.82. The third kappa shape index (κ3) is 4.67. The summed E-state index contributed by atoms with van der Waals surface area (Å²) in [6.07, 6.45) is 3.59. The summed E-state index contributed by atoms with van der Waals surface area (Å²) >= 11 is 0. The molecule has 0 aromatic heterocycles. The molecule has 0 aliphatic heterocycles. The van der Waals surface area contributed by atoms with Crippen LogP contribution in [0, 0.1) is 0 Å². The number of unbranched alkanes of at least 4 members (excludes halogenated alkanes) is 3. The second kappa shape index (κ2) is 9.68. The van der Waals surface area contributed by atoms with E-state index in [4.69, 9.17) is 0 Å². The Bertz CT molecular complexity index is 417. The first kappa shape index (κ1) is 19.8. The van der Waals surface area contributed by atoms with Crippen LogP contribution in [-0.4, -0.2) is 73.5 Å². The number of hydrogen-bond acceptors (Lipinski definition) is 2. The Labute approximate surface area is 162 Å². The van der Waals surface area contributed by atoms with E-state index in [9.17, 15) is 19.8 Å². The van der Waals surface area contributed by atoms with E-state index in [2.05, 4.69) is 6.92 Å². The maximum atomic E-state index is 11.5. The van der Waals surface area contributed by atoms with Gasteiger partial charge >= 0.3 is 63.3 Å². The number of hydrogen-bond donors (Lipinski definition) is 2. The van der Waals surface area contributed by atoms with Gasteiger partial charge in [0.15, 0.2) is 5.41 Å². The molecule has 0 amide bonds. The van der Waals surface area contributed by atoms with Crippen LogP contribution in [0.1, 0.15) is 44.6 Å². The Morgan fingerprint density at radius 1 is 1.00 bits per heavy atom. The van der Waals surface area contributed by atoms with E-state index < -0.39 is 17.4 Å². The Hall–Kier alpha value is -0.204. The molecule has 0 saturated heterocycles. The summed E-state index contributed by atoms with van der Waals surface area (Å²) in [4.78, 5) is 23.1. The van der Waals surface area contributed by atoms with E-state index in [0.717, 1.165) is 19.3 Å². The normalized spacial score (nSPS) is 10.7. The van der Waals surface area contributed by atoms with Crippen molar-refractivity contribution >= 4 is 63.3 Å². The molecule has 1 rings (SSSR count). The van der Waals surface area contributed by atoms with E-state index in [-0.39, 0.29) is 57.8 Å². The molecule has 0 heterocycles. The van der Waals surface area contributed by atoms with Crippen LogP contribution in [0.3, 0.4) is 0 Å². The van der Waals surface area contributed by atoms with Crippen molar-refractivity contribution in [3.05, 3.63) is 35.9 Å². The van der Waals surface area contributed by atoms with Gasteiger partial charge < -0.3 is 10.2 Å². The zero-order chi connectivity index (χ0) is 14.3. The van der Waals surface area contributed by atoms with Crippen LogP contribution in [0.15, 0.2) is 30.3 Å². The van der Waals surface area contributed by atoms with Crippen molar-refractivity contribution in [2.45, 2.75) is 44.4 Å². The molecule has 0 bridgehead atoms. The number of rotatable bonds is 8. The van der Waals surface area contributed by atoms with Gasteiger partial charge in [0.1, 0.15) is 0 Å². The fourth-order valence-corrected chi connectivity index (χ4v) is 2.24. The van der Waals surface area contributed by atoms with E-state index in [1.165, 1.54) is 0 Å². The SMILES string of the molecule is CCCCCCC(C(=O)O)(C(=O)O)c1ccccc1.[KH]. The van der Waals surface area contributed by atoms with Gasteiger partial charge in [0.25, 0.3) is 0 Å². The van der Waals surface area contributed by atoms with Gasteiger partial charge in [-0.3, -0.25) is 9.59 Å². The molecule has 0 aliphatic carbocycles. The van der Waals surface area contributed by atoms with Crippen LogP contribution in [0.2, 0.25) is 0 Å². The zero-order valence-corrected chi connectivity index (χ0v) is 11.1. The average Bonchev–Trinajstić information content (AvgIpc) is 2.39. The molecule has 0 unspecified atom stereocenters. The van der Waals surface area contributed by atoms with Gasteiger partial charge in [-0.1, -0.05) is 62.9 Å². The van der Waals surface area contributed by atoms with Gasteiger partial charge in [0.2, 0.25) is 0 Å². The summed E-state index contributed by atoms with van der Waals surface area (Å²) in [7, 11) is 0. The van der Waals surface area contributed by atoms with E-state index in [1.54, 1.807) is 30.3 Å². The van der Waals surface area contributed by atoms with Gasteiger partial charge in [-0.25, -0.2) is 0 Å². The molecule has 0 aliphatic rings. The van der Waals surface area contributed by atoms with Crippen LogP contribution in [0.4, 0.5) is 0 Å². The topological polar surface area (TPSA) is 74.6 Å². The summed E-state index contributed by atoms with van der Waals surface area (Å²) in [5.41, 5.74) is -1.49. The Morgan fingerprint density at radius 2 is 1.55 bits per heavy atom. The van der Waals surface area contributed by atoms with Gasteiger partial charge in [0.05, 0.1) is 0 Å². The van der Waals surface area contributed by atoms with Gasteiger partial charge in [0, 0.05) is 0 Å². The van der Waals surface area contributed by atoms with Crippen molar-refractivity contribution < 1.29 is 19.8 Å². The molecule has 5 heteroatoms. The number of carboxylic acids is 2. The quantitative estimate of drug-likeness (QED) is 0.439. The first-order valence-corrected chi connectivity index (χ1v) is 6.58. The Kier molecular flexibility index (Phi) is 9.58. The van der Waals surface area contributed by atoms with E-state index in [1.807, 2.05) is 0 Å². The van der Waals surface area contributed by atoms with Gasteiger partial charge in [-0.05, 0) is 12.0 Å². The zero-order valence-electron chi connectivity index (χ0n) is 11.1. The molecule has 1 aromatic rings. The Balaban J connectivity index is 0.00000361. The van der Waals surface area contributed by atoms with Crippen molar-refractivity contribution in [2.75, 3.05) is 0 Å². The summed E-state index contributed by atoms with van der Waals surface area (Å²) in [5, 5.41) is 18.8. The van der Waals surface area contributed by atoms with Crippen LogP contribution >= 0.6 is 0 Å². The van der Waals surface area contributed by atoms with Crippen LogP contribution in [0.5, 0.6) is 0 Å². The van der Waals surface area contributed by atoms with Crippen molar-refractivity contribution in [3.63, 3.8) is 0 Å². The molecule has 0 saturated carbocycles.